The highest BCUT2D eigenvalue weighted by atomic mass is 32.1. The van der Waals surface area contributed by atoms with Crippen LogP contribution in [-0.4, -0.2) is 0 Å². The largest absolute Gasteiger partial charge is 0.310 e. The molecule has 0 saturated carbocycles. The molecule has 1 aliphatic rings. The number of fused-ring (bicyclic) bond motifs is 7. The number of hydrogen-bond donors (Lipinski definition) is 0. The summed E-state index contributed by atoms with van der Waals surface area (Å²) in [4.78, 5) is 2.50. The molecule has 0 unspecified atom stereocenters. The molecule has 0 aliphatic heterocycles. The smallest absolute Gasteiger partial charge is 0.0714 e. The molecular weight excluding hydrogens is 755 g/mol. The minimum Gasteiger partial charge on any atom is -0.310 e. The number of rotatable bonds is 7. The van der Waals surface area contributed by atoms with Gasteiger partial charge in [-0.3, -0.25) is 0 Å². The lowest BCUT2D eigenvalue weighted by Crippen LogP contribution is -2.28. The number of para-hydroxylation sites is 1. The number of thiophene rings is 1. The Morgan fingerprint density at radius 2 is 0.951 bits per heavy atom. The van der Waals surface area contributed by atoms with Crippen LogP contribution in [0.15, 0.2) is 237 Å². The molecule has 1 aliphatic carbocycles. The second-order valence-electron chi connectivity index (χ2n) is 16.0. The van der Waals surface area contributed by atoms with Gasteiger partial charge in [0.25, 0.3) is 0 Å². The van der Waals surface area contributed by atoms with Crippen LogP contribution in [0.2, 0.25) is 0 Å². The highest BCUT2D eigenvalue weighted by molar-refractivity contribution is 7.25. The highest BCUT2D eigenvalue weighted by Crippen LogP contribution is 2.57. The van der Waals surface area contributed by atoms with E-state index in [-0.39, 0.29) is 0 Å². The molecule has 0 radical (unpaired) electrons. The average Bonchev–Trinajstić information content (AvgIpc) is 3.86. The fourth-order valence-corrected chi connectivity index (χ4v) is 11.2. The van der Waals surface area contributed by atoms with Gasteiger partial charge in [0.1, 0.15) is 0 Å². The third kappa shape index (κ3) is 5.60. The van der Waals surface area contributed by atoms with Crippen LogP contribution in [0.5, 0.6) is 0 Å². The molecule has 0 amide bonds. The topological polar surface area (TPSA) is 3.24 Å². The van der Waals surface area contributed by atoms with Gasteiger partial charge in [-0.25, -0.2) is 0 Å². The molecule has 1 aromatic heterocycles. The zero-order valence-electron chi connectivity index (χ0n) is 33.4. The summed E-state index contributed by atoms with van der Waals surface area (Å²) < 4.78 is 2.60. The minimum atomic E-state index is -0.524. The van der Waals surface area contributed by atoms with Crippen molar-refractivity contribution in [2.45, 2.75) is 5.41 Å². The molecule has 1 nitrogen and oxygen atoms in total. The second-order valence-corrected chi connectivity index (χ2v) is 17.1. The van der Waals surface area contributed by atoms with Gasteiger partial charge in [-0.15, -0.1) is 11.3 Å². The van der Waals surface area contributed by atoms with Crippen LogP contribution in [0.3, 0.4) is 0 Å². The van der Waals surface area contributed by atoms with E-state index in [9.17, 15) is 0 Å². The third-order valence-electron chi connectivity index (χ3n) is 12.7. The zero-order chi connectivity index (χ0) is 40.3. The zero-order valence-corrected chi connectivity index (χ0v) is 34.2. The summed E-state index contributed by atoms with van der Waals surface area (Å²) in [6.07, 6.45) is 0. The number of anilines is 3. The van der Waals surface area contributed by atoms with Crippen LogP contribution in [0.25, 0.3) is 64.3 Å². The first-order valence-corrected chi connectivity index (χ1v) is 21.8. The van der Waals surface area contributed by atoms with Gasteiger partial charge in [-0.05, 0) is 109 Å². The number of benzene rings is 10. The average molecular weight is 794 g/mol. The van der Waals surface area contributed by atoms with Crippen molar-refractivity contribution < 1.29 is 0 Å². The molecule has 0 saturated heterocycles. The van der Waals surface area contributed by atoms with Gasteiger partial charge in [-0.2, -0.15) is 0 Å². The van der Waals surface area contributed by atoms with Crippen molar-refractivity contribution in [3.05, 3.63) is 259 Å². The van der Waals surface area contributed by atoms with Gasteiger partial charge in [0.05, 0.1) is 11.1 Å². The minimum absolute atomic E-state index is 0.524. The molecule has 1 heterocycles. The van der Waals surface area contributed by atoms with E-state index in [2.05, 4.69) is 241 Å². The van der Waals surface area contributed by atoms with Crippen molar-refractivity contribution in [2.24, 2.45) is 0 Å². The van der Waals surface area contributed by atoms with Crippen LogP contribution < -0.4 is 4.90 Å². The summed E-state index contributed by atoms with van der Waals surface area (Å²) in [5.74, 6) is 0. The van der Waals surface area contributed by atoms with E-state index in [4.69, 9.17) is 0 Å². The maximum absolute atomic E-state index is 2.50. The number of hydrogen-bond acceptors (Lipinski definition) is 2. The fraction of sp³-hybridized carbons (Fsp3) is 0.0169. The van der Waals surface area contributed by atoms with Crippen molar-refractivity contribution in [3.8, 4) is 33.4 Å². The molecule has 286 valence electrons. The first-order valence-electron chi connectivity index (χ1n) is 21.0. The predicted molar refractivity (Wildman–Crippen MR) is 260 cm³/mol. The molecule has 0 atom stereocenters. The molecule has 0 N–H and O–H groups in total. The quantitative estimate of drug-likeness (QED) is 0.155. The maximum atomic E-state index is 2.50. The Kier molecular flexibility index (Phi) is 8.33. The van der Waals surface area contributed by atoms with E-state index < -0.39 is 5.41 Å². The summed E-state index contributed by atoms with van der Waals surface area (Å²) in [7, 11) is 0. The summed E-state index contributed by atoms with van der Waals surface area (Å²) in [5, 5.41) is 5.08. The lowest BCUT2D eigenvalue weighted by molar-refractivity contribution is 0.768. The molecule has 10 aromatic carbocycles. The maximum Gasteiger partial charge on any atom is 0.0714 e. The van der Waals surface area contributed by atoms with Gasteiger partial charge in [0.15, 0.2) is 0 Å². The van der Waals surface area contributed by atoms with Crippen LogP contribution in [0.1, 0.15) is 22.3 Å². The number of nitrogens with zero attached hydrogens (tertiary/aromatic N) is 1. The molecule has 0 spiro atoms. The SMILES string of the molecule is c1ccc(C2(c3ccccc3)c3ccccc3-c3ccc(N(c4cccc(-c5ccc6ccccc6c5)c4)c4ccccc4-c4cccc5sc6ccccc6c45)cc32)cc1. The second kappa shape index (κ2) is 14.3. The van der Waals surface area contributed by atoms with E-state index in [1.165, 1.54) is 86.6 Å². The van der Waals surface area contributed by atoms with E-state index in [1.54, 1.807) is 0 Å². The summed E-state index contributed by atoms with van der Waals surface area (Å²) >= 11 is 1.87. The molecule has 0 bridgehead atoms. The normalized spacial score (nSPS) is 12.7. The lowest BCUT2D eigenvalue weighted by Gasteiger charge is -2.35. The van der Waals surface area contributed by atoms with E-state index in [0.29, 0.717) is 0 Å². The van der Waals surface area contributed by atoms with Gasteiger partial charge in [0, 0.05) is 37.1 Å². The van der Waals surface area contributed by atoms with Crippen molar-refractivity contribution in [1.82, 2.24) is 0 Å². The van der Waals surface area contributed by atoms with Gasteiger partial charge < -0.3 is 4.90 Å². The van der Waals surface area contributed by atoms with E-state index in [1.807, 2.05) is 11.3 Å². The van der Waals surface area contributed by atoms with Crippen LogP contribution in [0.4, 0.5) is 17.1 Å². The van der Waals surface area contributed by atoms with Crippen molar-refractivity contribution >= 4 is 59.3 Å². The monoisotopic (exact) mass is 793 g/mol. The van der Waals surface area contributed by atoms with Crippen molar-refractivity contribution in [1.29, 1.82) is 0 Å². The van der Waals surface area contributed by atoms with Crippen LogP contribution >= 0.6 is 11.3 Å². The van der Waals surface area contributed by atoms with Crippen LogP contribution in [-0.2, 0) is 5.41 Å². The van der Waals surface area contributed by atoms with E-state index in [0.717, 1.165) is 17.1 Å². The molecule has 61 heavy (non-hydrogen) atoms. The van der Waals surface area contributed by atoms with Gasteiger partial charge in [0.2, 0.25) is 0 Å². The Hall–Kier alpha value is -7.52. The summed E-state index contributed by atoms with van der Waals surface area (Å²) in [6, 6.07) is 87.5. The van der Waals surface area contributed by atoms with Crippen molar-refractivity contribution in [3.63, 3.8) is 0 Å². The van der Waals surface area contributed by atoms with E-state index >= 15 is 0 Å². The van der Waals surface area contributed by atoms with Crippen molar-refractivity contribution in [2.75, 3.05) is 4.90 Å². The predicted octanol–water partition coefficient (Wildman–Crippen LogP) is 16.4. The fourth-order valence-electron chi connectivity index (χ4n) is 10.1. The van der Waals surface area contributed by atoms with Gasteiger partial charge in [-0.1, -0.05) is 188 Å². The Labute approximate surface area is 360 Å². The summed E-state index contributed by atoms with van der Waals surface area (Å²) in [5.41, 5.74) is 15.2. The molecule has 2 heteroatoms. The third-order valence-corrected chi connectivity index (χ3v) is 13.9. The molecule has 12 rings (SSSR count). The Morgan fingerprint density at radius 1 is 0.344 bits per heavy atom. The first-order chi connectivity index (χ1) is 30.3. The van der Waals surface area contributed by atoms with Gasteiger partial charge >= 0.3 is 0 Å². The lowest BCUT2D eigenvalue weighted by atomic mass is 9.67. The molecule has 11 aromatic rings. The van der Waals surface area contributed by atoms with Crippen LogP contribution in [0, 0.1) is 0 Å². The molecule has 0 fully saturated rings. The Balaban J connectivity index is 1.14. The Bertz CT molecular complexity index is 3400. The standard InChI is InChI=1S/C59H39NS/c1-3-20-44(21-4-1)59(45-22-5-2-6-23-45)53-29-12-9-25-48(53)49-36-35-47(39-54(49)59)60(46-24-15-19-42(38-46)43-34-33-40-17-7-8-18-41(40)37-43)55-30-13-10-26-50(55)51-28-16-32-57-58(51)52-27-11-14-31-56(52)61-57/h1-39H. The summed E-state index contributed by atoms with van der Waals surface area (Å²) in [6.45, 7) is 0. The Morgan fingerprint density at radius 3 is 1.79 bits per heavy atom. The highest BCUT2D eigenvalue weighted by Gasteiger charge is 2.46. The first kappa shape index (κ1) is 35.4. The molecular formula is C59H39NS.